The molecule has 0 saturated carbocycles. The van der Waals surface area contributed by atoms with Gasteiger partial charge in [0.05, 0.1) is 4.92 Å². The first-order chi connectivity index (χ1) is 10.2. The summed E-state index contributed by atoms with van der Waals surface area (Å²) in [6.45, 7) is 7.49. The molecule has 0 spiro atoms. The summed E-state index contributed by atoms with van der Waals surface area (Å²) in [7, 11) is 0. The maximum absolute atomic E-state index is 11.1. The van der Waals surface area contributed by atoms with Crippen molar-refractivity contribution < 1.29 is 4.92 Å². The van der Waals surface area contributed by atoms with Crippen molar-refractivity contribution in [1.82, 2.24) is 14.9 Å². The normalized spacial score (nSPS) is 18.7. The Morgan fingerprint density at radius 1 is 1.48 bits per heavy atom. The summed E-state index contributed by atoms with van der Waals surface area (Å²) in [6, 6.07) is 0.409. The van der Waals surface area contributed by atoms with Crippen molar-refractivity contribution in [1.29, 1.82) is 0 Å². The lowest BCUT2D eigenvalue weighted by molar-refractivity contribution is -0.384. The maximum atomic E-state index is 11.1. The van der Waals surface area contributed by atoms with Crippen LogP contribution in [0.3, 0.4) is 0 Å². The van der Waals surface area contributed by atoms with Gasteiger partial charge in [-0.3, -0.25) is 15.0 Å². The SMILES string of the molecule is CCNc1ncc([N+](=O)[O-])c(NCC2CCCN2CC)n1. The van der Waals surface area contributed by atoms with Crippen molar-refractivity contribution in [2.45, 2.75) is 32.7 Å². The summed E-state index contributed by atoms with van der Waals surface area (Å²) >= 11 is 0. The Morgan fingerprint density at radius 2 is 2.29 bits per heavy atom. The number of likely N-dealkylation sites (tertiary alicyclic amines) is 1. The minimum Gasteiger partial charge on any atom is -0.363 e. The quantitative estimate of drug-likeness (QED) is 0.583. The molecule has 2 heterocycles. The zero-order valence-electron chi connectivity index (χ0n) is 12.5. The molecule has 21 heavy (non-hydrogen) atoms. The molecule has 0 amide bonds. The van der Waals surface area contributed by atoms with Gasteiger partial charge >= 0.3 is 5.69 Å². The smallest absolute Gasteiger partial charge is 0.329 e. The molecule has 1 aromatic heterocycles. The fourth-order valence-electron chi connectivity index (χ4n) is 2.64. The van der Waals surface area contributed by atoms with E-state index in [0.29, 0.717) is 25.1 Å². The Labute approximate surface area is 124 Å². The second kappa shape index (κ2) is 7.16. The van der Waals surface area contributed by atoms with E-state index in [1.165, 1.54) is 12.6 Å². The Balaban J connectivity index is 2.09. The van der Waals surface area contributed by atoms with Crippen molar-refractivity contribution in [2.75, 3.05) is 36.8 Å². The van der Waals surface area contributed by atoms with Crippen LogP contribution in [0.5, 0.6) is 0 Å². The number of nitrogens with zero attached hydrogens (tertiary/aromatic N) is 4. The zero-order chi connectivity index (χ0) is 15.2. The number of hydrogen-bond acceptors (Lipinski definition) is 7. The van der Waals surface area contributed by atoms with Crippen LogP contribution in [0.2, 0.25) is 0 Å². The average Bonchev–Trinajstić information content (AvgIpc) is 2.92. The fourth-order valence-corrected chi connectivity index (χ4v) is 2.64. The molecular formula is C13H22N6O2. The molecule has 8 nitrogen and oxygen atoms in total. The minimum absolute atomic E-state index is 0.0855. The van der Waals surface area contributed by atoms with Gasteiger partial charge in [-0.2, -0.15) is 4.98 Å². The van der Waals surface area contributed by atoms with E-state index in [-0.39, 0.29) is 11.5 Å². The van der Waals surface area contributed by atoms with Crippen LogP contribution in [0.4, 0.5) is 17.5 Å². The van der Waals surface area contributed by atoms with Gasteiger partial charge in [-0.05, 0) is 32.9 Å². The van der Waals surface area contributed by atoms with Crippen molar-refractivity contribution >= 4 is 17.5 Å². The van der Waals surface area contributed by atoms with Crippen LogP contribution in [-0.4, -0.2) is 52.0 Å². The van der Waals surface area contributed by atoms with Crippen LogP contribution in [0, 0.1) is 10.1 Å². The van der Waals surface area contributed by atoms with E-state index in [0.717, 1.165) is 19.5 Å². The monoisotopic (exact) mass is 294 g/mol. The van der Waals surface area contributed by atoms with E-state index in [1.807, 2.05) is 6.92 Å². The molecule has 1 aromatic rings. The van der Waals surface area contributed by atoms with Gasteiger partial charge in [-0.25, -0.2) is 4.98 Å². The van der Waals surface area contributed by atoms with E-state index < -0.39 is 4.92 Å². The third-order valence-electron chi connectivity index (χ3n) is 3.71. The van der Waals surface area contributed by atoms with E-state index in [1.54, 1.807) is 0 Å². The largest absolute Gasteiger partial charge is 0.363 e. The fraction of sp³-hybridized carbons (Fsp3) is 0.692. The predicted octanol–water partition coefficient (Wildman–Crippen LogP) is 1.71. The highest BCUT2D eigenvalue weighted by molar-refractivity contribution is 5.57. The number of likely N-dealkylation sites (N-methyl/N-ethyl adjacent to an activating group) is 1. The molecule has 0 aromatic carbocycles. The van der Waals surface area contributed by atoms with Crippen LogP contribution in [-0.2, 0) is 0 Å². The highest BCUT2D eigenvalue weighted by Gasteiger charge is 2.24. The van der Waals surface area contributed by atoms with E-state index in [4.69, 9.17) is 0 Å². The number of anilines is 2. The second-order valence-electron chi connectivity index (χ2n) is 5.02. The summed E-state index contributed by atoms with van der Waals surface area (Å²) in [4.78, 5) is 21.1. The molecule has 1 fully saturated rings. The van der Waals surface area contributed by atoms with Gasteiger partial charge < -0.3 is 10.6 Å². The molecule has 1 aliphatic heterocycles. The minimum atomic E-state index is -0.454. The van der Waals surface area contributed by atoms with E-state index in [2.05, 4.69) is 32.4 Å². The van der Waals surface area contributed by atoms with Gasteiger partial charge in [-0.1, -0.05) is 6.92 Å². The molecule has 0 bridgehead atoms. The molecule has 1 unspecified atom stereocenters. The summed E-state index contributed by atoms with van der Waals surface area (Å²) in [5.74, 6) is 0.693. The Kier molecular flexibility index (Phi) is 5.26. The highest BCUT2D eigenvalue weighted by Crippen LogP contribution is 2.23. The summed E-state index contributed by atoms with van der Waals surface area (Å²) in [5, 5.41) is 17.2. The first-order valence-corrected chi connectivity index (χ1v) is 7.38. The molecule has 2 rings (SSSR count). The summed E-state index contributed by atoms with van der Waals surface area (Å²) in [5.41, 5.74) is -0.0855. The molecule has 116 valence electrons. The molecule has 0 radical (unpaired) electrons. The average molecular weight is 294 g/mol. The Morgan fingerprint density at radius 3 is 2.95 bits per heavy atom. The van der Waals surface area contributed by atoms with Crippen molar-refractivity contribution in [3.05, 3.63) is 16.3 Å². The molecule has 2 N–H and O–H groups in total. The van der Waals surface area contributed by atoms with Crippen LogP contribution in [0.15, 0.2) is 6.20 Å². The second-order valence-corrected chi connectivity index (χ2v) is 5.02. The van der Waals surface area contributed by atoms with Crippen LogP contribution in [0.25, 0.3) is 0 Å². The van der Waals surface area contributed by atoms with Gasteiger partial charge in [0.1, 0.15) is 6.20 Å². The first kappa shape index (κ1) is 15.4. The van der Waals surface area contributed by atoms with Crippen molar-refractivity contribution in [3.63, 3.8) is 0 Å². The zero-order valence-corrected chi connectivity index (χ0v) is 12.5. The third kappa shape index (κ3) is 3.78. The number of hydrogen-bond donors (Lipinski definition) is 2. The van der Waals surface area contributed by atoms with Crippen LogP contribution in [0.1, 0.15) is 26.7 Å². The highest BCUT2D eigenvalue weighted by atomic mass is 16.6. The Bertz CT molecular complexity index is 496. The summed E-state index contributed by atoms with van der Waals surface area (Å²) < 4.78 is 0. The van der Waals surface area contributed by atoms with Gasteiger partial charge in [0.15, 0.2) is 0 Å². The van der Waals surface area contributed by atoms with Gasteiger partial charge in [0, 0.05) is 19.1 Å². The number of rotatable bonds is 7. The number of nitrogens with one attached hydrogen (secondary N) is 2. The van der Waals surface area contributed by atoms with Crippen molar-refractivity contribution in [2.24, 2.45) is 0 Å². The lowest BCUT2D eigenvalue weighted by Gasteiger charge is -2.23. The van der Waals surface area contributed by atoms with Crippen molar-refractivity contribution in [3.8, 4) is 0 Å². The lowest BCUT2D eigenvalue weighted by Crippen LogP contribution is -2.34. The molecule has 1 atom stereocenters. The molecule has 8 heteroatoms. The topological polar surface area (TPSA) is 96.2 Å². The Hall–Kier alpha value is -1.96. The molecule has 1 aliphatic rings. The van der Waals surface area contributed by atoms with Gasteiger partial charge in [-0.15, -0.1) is 0 Å². The lowest BCUT2D eigenvalue weighted by atomic mass is 10.2. The molecule has 0 aliphatic carbocycles. The number of nitro groups is 1. The maximum Gasteiger partial charge on any atom is 0.329 e. The summed E-state index contributed by atoms with van der Waals surface area (Å²) in [6.07, 6.45) is 3.54. The van der Waals surface area contributed by atoms with Gasteiger partial charge in [0.25, 0.3) is 0 Å². The first-order valence-electron chi connectivity index (χ1n) is 7.38. The third-order valence-corrected chi connectivity index (χ3v) is 3.71. The van der Waals surface area contributed by atoms with Crippen LogP contribution >= 0.6 is 0 Å². The molecule has 1 saturated heterocycles. The van der Waals surface area contributed by atoms with E-state index in [9.17, 15) is 10.1 Å². The predicted molar refractivity (Wildman–Crippen MR) is 81.6 cm³/mol. The molecular weight excluding hydrogens is 272 g/mol. The van der Waals surface area contributed by atoms with E-state index >= 15 is 0 Å². The number of aromatic nitrogens is 2. The van der Waals surface area contributed by atoms with Crippen LogP contribution < -0.4 is 10.6 Å². The van der Waals surface area contributed by atoms with Gasteiger partial charge in [0.2, 0.25) is 11.8 Å². The standard InChI is InChI=1S/C13H22N6O2/c1-3-14-13-16-9-11(19(20)21)12(17-13)15-8-10-6-5-7-18(10)4-2/h9-10H,3-8H2,1-2H3,(H2,14,15,16,17).